The van der Waals surface area contributed by atoms with Gasteiger partial charge in [-0.05, 0) is 30.2 Å². The van der Waals surface area contributed by atoms with Crippen LogP contribution < -0.4 is 15.4 Å². The van der Waals surface area contributed by atoms with Gasteiger partial charge in [0.1, 0.15) is 5.75 Å². The maximum absolute atomic E-state index is 13.0. The topological polar surface area (TPSA) is 101 Å². The van der Waals surface area contributed by atoms with E-state index in [0.29, 0.717) is 29.8 Å². The third-order valence-corrected chi connectivity index (χ3v) is 5.01. The molecule has 1 atom stereocenters. The van der Waals surface area contributed by atoms with Gasteiger partial charge in [0.25, 0.3) is 11.8 Å². The summed E-state index contributed by atoms with van der Waals surface area (Å²) in [5.74, 6) is -0.102. The largest absolute Gasteiger partial charge is 0.497 e. The number of imide groups is 1. The molecule has 1 saturated heterocycles. The number of hydrogen-bond acceptors (Lipinski definition) is 5. The molecule has 0 radical (unpaired) electrons. The van der Waals surface area contributed by atoms with Crippen molar-refractivity contribution in [2.75, 3.05) is 20.2 Å². The summed E-state index contributed by atoms with van der Waals surface area (Å²) < 4.78 is 5.22. The second-order valence-corrected chi connectivity index (χ2v) is 6.56. The minimum Gasteiger partial charge on any atom is -0.497 e. The lowest BCUT2D eigenvalue weighted by Crippen LogP contribution is -2.55. The molecular formula is C19H18N4O4. The molecule has 1 unspecified atom stereocenters. The number of benzene rings is 1. The Morgan fingerprint density at radius 3 is 2.78 bits per heavy atom. The van der Waals surface area contributed by atoms with E-state index < -0.39 is 17.5 Å². The minimum absolute atomic E-state index is 0.0196. The zero-order valence-corrected chi connectivity index (χ0v) is 14.7. The highest BCUT2D eigenvalue weighted by Crippen LogP contribution is 2.29. The molecule has 8 heteroatoms. The molecule has 1 fully saturated rings. The van der Waals surface area contributed by atoms with Crippen molar-refractivity contribution in [1.82, 2.24) is 20.5 Å². The molecule has 4 rings (SSSR count). The normalized spacial score (nSPS) is 21.5. The van der Waals surface area contributed by atoms with Crippen LogP contribution in [0.5, 0.6) is 5.75 Å². The van der Waals surface area contributed by atoms with Gasteiger partial charge in [-0.15, -0.1) is 0 Å². The summed E-state index contributed by atoms with van der Waals surface area (Å²) in [7, 11) is 1.54. The van der Waals surface area contributed by atoms with E-state index in [1.807, 2.05) is 12.1 Å². The van der Waals surface area contributed by atoms with E-state index in [4.69, 9.17) is 4.74 Å². The van der Waals surface area contributed by atoms with Crippen LogP contribution >= 0.6 is 0 Å². The Morgan fingerprint density at radius 2 is 2.11 bits per heavy atom. The first-order valence-corrected chi connectivity index (χ1v) is 8.54. The van der Waals surface area contributed by atoms with Gasteiger partial charge in [-0.3, -0.25) is 19.9 Å². The van der Waals surface area contributed by atoms with Crippen molar-refractivity contribution in [3.8, 4) is 5.75 Å². The molecule has 0 saturated carbocycles. The number of fused-ring (bicyclic) bond motifs is 1. The van der Waals surface area contributed by atoms with Crippen molar-refractivity contribution in [1.29, 1.82) is 0 Å². The van der Waals surface area contributed by atoms with Crippen LogP contribution in [0.25, 0.3) is 0 Å². The molecule has 2 aliphatic heterocycles. The van der Waals surface area contributed by atoms with Gasteiger partial charge in [-0.25, -0.2) is 4.79 Å². The Kier molecular flexibility index (Phi) is 4.02. The molecule has 0 bridgehead atoms. The fraction of sp³-hybridized carbons (Fsp3) is 0.263. The third-order valence-electron chi connectivity index (χ3n) is 5.01. The highest BCUT2D eigenvalue weighted by molar-refractivity contribution is 6.08. The number of carbonyl (C=O) groups excluding carboxylic acids is 3. The zero-order valence-electron chi connectivity index (χ0n) is 14.7. The van der Waals surface area contributed by atoms with Crippen molar-refractivity contribution < 1.29 is 19.1 Å². The molecule has 4 amide bonds. The van der Waals surface area contributed by atoms with Crippen molar-refractivity contribution in [2.24, 2.45) is 0 Å². The number of pyridine rings is 1. The van der Waals surface area contributed by atoms with Crippen molar-refractivity contribution >= 4 is 17.8 Å². The first kappa shape index (κ1) is 17.0. The molecule has 1 aromatic carbocycles. The van der Waals surface area contributed by atoms with E-state index in [9.17, 15) is 14.4 Å². The number of urea groups is 1. The van der Waals surface area contributed by atoms with Crippen LogP contribution in [-0.4, -0.2) is 47.9 Å². The first-order chi connectivity index (χ1) is 13.0. The standard InChI is InChI=1S/C19H18N4O4/c1-27-14-5-4-12-6-8-23(16(24)15(12)9-14)11-19(13-3-2-7-20-10-13)17(25)21-18(26)22-19/h2-5,7,9-10H,6,8,11H2,1H3,(H2,21,22,25,26). The number of aromatic nitrogens is 1. The number of hydrogen-bond donors (Lipinski definition) is 2. The van der Waals surface area contributed by atoms with Crippen LogP contribution in [0.15, 0.2) is 42.7 Å². The minimum atomic E-state index is -1.36. The summed E-state index contributed by atoms with van der Waals surface area (Å²) in [6.07, 6.45) is 3.76. The van der Waals surface area contributed by atoms with Crippen LogP contribution in [0.1, 0.15) is 21.5 Å². The molecule has 8 nitrogen and oxygen atoms in total. The molecule has 3 heterocycles. The Balaban J connectivity index is 1.69. The Hall–Kier alpha value is -3.42. The molecule has 0 spiro atoms. The predicted octanol–water partition coefficient (Wildman–Crippen LogP) is 0.823. The van der Waals surface area contributed by atoms with Crippen molar-refractivity contribution in [3.63, 3.8) is 0 Å². The number of ether oxygens (including phenoxy) is 1. The van der Waals surface area contributed by atoms with Gasteiger partial charge in [0.2, 0.25) is 0 Å². The zero-order chi connectivity index (χ0) is 19.0. The van der Waals surface area contributed by atoms with Gasteiger partial charge in [0, 0.05) is 30.1 Å². The quantitative estimate of drug-likeness (QED) is 0.781. The monoisotopic (exact) mass is 366 g/mol. The predicted molar refractivity (Wildman–Crippen MR) is 95.2 cm³/mol. The van der Waals surface area contributed by atoms with Crippen LogP contribution in [0.4, 0.5) is 4.79 Å². The fourth-order valence-corrected chi connectivity index (χ4v) is 3.58. The van der Waals surface area contributed by atoms with Gasteiger partial charge in [0.05, 0.1) is 13.7 Å². The Morgan fingerprint density at radius 1 is 1.26 bits per heavy atom. The molecule has 138 valence electrons. The van der Waals surface area contributed by atoms with E-state index in [1.54, 1.807) is 36.4 Å². The number of amides is 4. The summed E-state index contributed by atoms with van der Waals surface area (Å²) in [6.45, 7) is 0.467. The molecule has 2 aromatic rings. The number of methoxy groups -OCH3 is 1. The lowest BCUT2D eigenvalue weighted by atomic mass is 9.89. The van der Waals surface area contributed by atoms with E-state index in [-0.39, 0.29) is 12.5 Å². The Labute approximate surface area is 155 Å². The second kappa shape index (κ2) is 6.39. The molecule has 2 N–H and O–H groups in total. The number of nitrogens with zero attached hydrogens (tertiary/aromatic N) is 2. The average Bonchev–Trinajstić information content (AvgIpc) is 2.98. The maximum atomic E-state index is 13.0. The van der Waals surface area contributed by atoms with Gasteiger partial charge in [-0.2, -0.15) is 0 Å². The van der Waals surface area contributed by atoms with Crippen molar-refractivity contribution in [3.05, 3.63) is 59.4 Å². The summed E-state index contributed by atoms with van der Waals surface area (Å²) in [4.78, 5) is 43.2. The smallest absolute Gasteiger partial charge is 0.322 e. The van der Waals surface area contributed by atoms with Gasteiger partial charge in [-0.1, -0.05) is 12.1 Å². The summed E-state index contributed by atoms with van der Waals surface area (Å²) >= 11 is 0. The molecule has 1 aromatic heterocycles. The third kappa shape index (κ3) is 2.79. The highest BCUT2D eigenvalue weighted by Gasteiger charge is 2.50. The van der Waals surface area contributed by atoms with Gasteiger partial charge in [0.15, 0.2) is 5.54 Å². The van der Waals surface area contributed by atoms with Crippen molar-refractivity contribution in [2.45, 2.75) is 12.0 Å². The van der Waals surface area contributed by atoms with E-state index >= 15 is 0 Å². The summed E-state index contributed by atoms with van der Waals surface area (Å²) in [6, 6.07) is 8.22. The van der Waals surface area contributed by atoms with Gasteiger partial charge >= 0.3 is 6.03 Å². The first-order valence-electron chi connectivity index (χ1n) is 8.54. The van der Waals surface area contributed by atoms with Crippen LogP contribution in [0.3, 0.4) is 0 Å². The average molecular weight is 366 g/mol. The Bertz CT molecular complexity index is 931. The highest BCUT2D eigenvalue weighted by atomic mass is 16.5. The summed E-state index contributed by atoms with van der Waals surface area (Å²) in [5.41, 5.74) is 0.647. The fourth-order valence-electron chi connectivity index (χ4n) is 3.58. The molecule has 27 heavy (non-hydrogen) atoms. The number of rotatable bonds is 4. The molecular weight excluding hydrogens is 348 g/mol. The number of nitrogens with one attached hydrogen (secondary N) is 2. The second-order valence-electron chi connectivity index (χ2n) is 6.56. The lowest BCUT2D eigenvalue weighted by Gasteiger charge is -2.36. The lowest BCUT2D eigenvalue weighted by molar-refractivity contribution is -0.124. The van der Waals surface area contributed by atoms with E-state index in [0.717, 1.165) is 5.56 Å². The summed E-state index contributed by atoms with van der Waals surface area (Å²) in [5, 5.41) is 4.96. The molecule has 2 aliphatic rings. The van der Waals surface area contributed by atoms with Gasteiger partial charge < -0.3 is 15.0 Å². The maximum Gasteiger partial charge on any atom is 0.322 e. The number of carbonyl (C=O) groups is 3. The van der Waals surface area contributed by atoms with Crippen LogP contribution in [-0.2, 0) is 16.8 Å². The van der Waals surface area contributed by atoms with E-state index in [1.165, 1.54) is 6.20 Å². The molecule has 0 aliphatic carbocycles. The van der Waals surface area contributed by atoms with E-state index in [2.05, 4.69) is 15.6 Å². The van der Waals surface area contributed by atoms with Crippen LogP contribution in [0, 0.1) is 0 Å². The SMILES string of the molecule is COc1ccc2c(c1)C(=O)N(CC1(c3cccnc3)NC(=O)NC1=O)CC2. The van der Waals surface area contributed by atoms with Crippen LogP contribution in [0.2, 0.25) is 0 Å².